The van der Waals surface area contributed by atoms with Gasteiger partial charge < -0.3 is 21.1 Å². The third-order valence-electron chi connectivity index (χ3n) is 3.06. The molecule has 1 aromatic carbocycles. The summed E-state index contributed by atoms with van der Waals surface area (Å²) in [6.07, 6.45) is -0.916. The van der Waals surface area contributed by atoms with Crippen LogP contribution in [0.2, 0.25) is 0 Å². The Labute approximate surface area is 142 Å². The highest BCUT2D eigenvalue weighted by molar-refractivity contribution is 7.09. The first-order valence-electron chi connectivity index (χ1n) is 7.13. The average molecular weight is 347 g/mol. The van der Waals surface area contributed by atoms with Gasteiger partial charge in [-0.2, -0.15) is 0 Å². The fourth-order valence-corrected chi connectivity index (χ4v) is 2.49. The molecular formula is C16H17N3O4S. The lowest BCUT2D eigenvalue weighted by Crippen LogP contribution is -2.35. The van der Waals surface area contributed by atoms with Gasteiger partial charge in [0.25, 0.3) is 5.91 Å². The number of hydrogen-bond acceptors (Lipinski definition) is 5. The van der Waals surface area contributed by atoms with Crippen LogP contribution < -0.4 is 16.4 Å². The van der Waals surface area contributed by atoms with Crippen LogP contribution in [0.1, 0.15) is 22.2 Å². The molecule has 2 aromatic rings. The number of hydrogen-bond donors (Lipinski definition) is 3. The molecule has 24 heavy (non-hydrogen) atoms. The molecule has 7 nitrogen and oxygen atoms in total. The van der Waals surface area contributed by atoms with Gasteiger partial charge in [0.2, 0.25) is 0 Å². The molecule has 0 fully saturated rings. The highest BCUT2D eigenvalue weighted by Crippen LogP contribution is 2.12. The smallest absolute Gasteiger partial charge is 0.338 e. The zero-order chi connectivity index (χ0) is 17.5. The van der Waals surface area contributed by atoms with Crippen molar-refractivity contribution in [2.24, 2.45) is 5.73 Å². The minimum atomic E-state index is -0.916. The summed E-state index contributed by atoms with van der Waals surface area (Å²) in [4.78, 5) is 35.7. The molecule has 2 rings (SSSR count). The zero-order valence-electron chi connectivity index (χ0n) is 12.9. The fourth-order valence-electron chi connectivity index (χ4n) is 1.85. The van der Waals surface area contributed by atoms with Gasteiger partial charge in [-0.25, -0.2) is 9.59 Å². The first kappa shape index (κ1) is 17.5. The van der Waals surface area contributed by atoms with Crippen LogP contribution in [-0.2, 0) is 16.1 Å². The summed E-state index contributed by atoms with van der Waals surface area (Å²) >= 11 is 1.53. The third-order valence-corrected chi connectivity index (χ3v) is 3.93. The Morgan fingerprint density at radius 3 is 2.50 bits per heavy atom. The van der Waals surface area contributed by atoms with E-state index in [0.29, 0.717) is 12.2 Å². The molecule has 8 heteroatoms. The topological polar surface area (TPSA) is 111 Å². The van der Waals surface area contributed by atoms with E-state index in [0.717, 1.165) is 4.88 Å². The fraction of sp³-hybridized carbons (Fsp3) is 0.188. The molecule has 3 amide bonds. The number of anilines is 1. The number of thiophene rings is 1. The summed E-state index contributed by atoms with van der Waals surface area (Å²) in [6, 6.07) is 9.09. The van der Waals surface area contributed by atoms with Crippen LogP contribution in [0.25, 0.3) is 0 Å². The average Bonchev–Trinajstić information content (AvgIpc) is 3.06. The van der Waals surface area contributed by atoms with Gasteiger partial charge >= 0.3 is 12.0 Å². The normalized spacial score (nSPS) is 11.4. The molecule has 0 unspecified atom stereocenters. The van der Waals surface area contributed by atoms with Gasteiger partial charge in [0.1, 0.15) is 0 Å². The lowest BCUT2D eigenvalue weighted by atomic mass is 10.2. The predicted molar refractivity (Wildman–Crippen MR) is 90.7 cm³/mol. The van der Waals surface area contributed by atoms with Gasteiger partial charge in [-0.15, -0.1) is 11.3 Å². The zero-order valence-corrected chi connectivity index (χ0v) is 13.8. The van der Waals surface area contributed by atoms with E-state index in [2.05, 4.69) is 10.6 Å². The van der Waals surface area contributed by atoms with Crippen molar-refractivity contribution < 1.29 is 19.1 Å². The molecule has 4 N–H and O–H groups in total. The van der Waals surface area contributed by atoms with Crippen molar-refractivity contribution in [2.45, 2.75) is 19.6 Å². The van der Waals surface area contributed by atoms with Crippen molar-refractivity contribution in [3.8, 4) is 0 Å². The Kier molecular flexibility index (Phi) is 5.91. The summed E-state index contributed by atoms with van der Waals surface area (Å²) in [5.41, 5.74) is 5.73. The molecule has 0 aliphatic rings. The van der Waals surface area contributed by atoms with Gasteiger partial charge in [-0.1, -0.05) is 6.07 Å². The maximum absolute atomic E-state index is 12.0. The van der Waals surface area contributed by atoms with E-state index in [9.17, 15) is 14.4 Å². The minimum Gasteiger partial charge on any atom is -0.449 e. The molecule has 0 radical (unpaired) electrons. The molecule has 0 aliphatic heterocycles. The van der Waals surface area contributed by atoms with Crippen LogP contribution in [0.4, 0.5) is 10.5 Å². The standard InChI is InChI=1S/C16H17N3O4S/c1-10(14(20)18-9-13-3-2-8-24-13)23-15(21)11-4-6-12(7-5-11)19-16(17)22/h2-8,10H,9H2,1H3,(H,18,20)(H3,17,19,22)/t10-/m1/s1. The van der Waals surface area contributed by atoms with Crippen LogP contribution in [-0.4, -0.2) is 24.0 Å². The Morgan fingerprint density at radius 2 is 1.92 bits per heavy atom. The van der Waals surface area contributed by atoms with Gasteiger partial charge in [-0.05, 0) is 42.6 Å². The molecule has 0 aliphatic carbocycles. The van der Waals surface area contributed by atoms with Crippen LogP contribution in [0.5, 0.6) is 0 Å². The molecule has 126 valence electrons. The molecule has 0 saturated carbocycles. The number of nitrogens with one attached hydrogen (secondary N) is 2. The maximum atomic E-state index is 12.0. The Morgan fingerprint density at radius 1 is 1.21 bits per heavy atom. The number of rotatable bonds is 6. The number of carbonyl (C=O) groups excluding carboxylic acids is 3. The quantitative estimate of drug-likeness (QED) is 0.695. The van der Waals surface area contributed by atoms with E-state index in [4.69, 9.17) is 10.5 Å². The number of carbonyl (C=O) groups is 3. The molecule has 0 saturated heterocycles. The maximum Gasteiger partial charge on any atom is 0.338 e. The van der Waals surface area contributed by atoms with E-state index < -0.39 is 18.1 Å². The number of primary amides is 1. The lowest BCUT2D eigenvalue weighted by molar-refractivity contribution is -0.129. The monoisotopic (exact) mass is 347 g/mol. The van der Waals surface area contributed by atoms with Gasteiger partial charge in [0.05, 0.1) is 12.1 Å². The van der Waals surface area contributed by atoms with E-state index in [1.165, 1.54) is 42.5 Å². The molecular weight excluding hydrogens is 330 g/mol. The number of urea groups is 1. The highest BCUT2D eigenvalue weighted by Gasteiger charge is 2.18. The molecule has 0 spiro atoms. The number of ether oxygens (including phenoxy) is 1. The van der Waals surface area contributed by atoms with Crippen molar-refractivity contribution in [1.82, 2.24) is 5.32 Å². The van der Waals surface area contributed by atoms with E-state index in [-0.39, 0.29) is 11.5 Å². The summed E-state index contributed by atoms with van der Waals surface area (Å²) in [6.45, 7) is 1.90. The van der Waals surface area contributed by atoms with Crippen LogP contribution in [0, 0.1) is 0 Å². The second-order valence-corrected chi connectivity index (χ2v) is 5.94. The number of esters is 1. The largest absolute Gasteiger partial charge is 0.449 e. The third kappa shape index (κ3) is 5.10. The van der Waals surface area contributed by atoms with E-state index >= 15 is 0 Å². The van der Waals surface area contributed by atoms with Gasteiger partial charge in [-0.3, -0.25) is 4.79 Å². The number of amides is 3. The van der Waals surface area contributed by atoms with Crippen LogP contribution in [0.3, 0.4) is 0 Å². The second kappa shape index (κ2) is 8.11. The molecule has 1 aromatic heterocycles. The van der Waals surface area contributed by atoms with Crippen LogP contribution >= 0.6 is 11.3 Å². The van der Waals surface area contributed by atoms with Crippen molar-refractivity contribution in [2.75, 3.05) is 5.32 Å². The van der Waals surface area contributed by atoms with Crippen molar-refractivity contribution in [3.05, 3.63) is 52.2 Å². The van der Waals surface area contributed by atoms with Gasteiger partial charge in [0.15, 0.2) is 6.10 Å². The lowest BCUT2D eigenvalue weighted by Gasteiger charge is -2.13. The molecule has 0 bridgehead atoms. The first-order valence-corrected chi connectivity index (χ1v) is 8.01. The van der Waals surface area contributed by atoms with E-state index in [1.807, 2.05) is 17.5 Å². The summed E-state index contributed by atoms with van der Waals surface area (Å²) < 4.78 is 5.13. The second-order valence-electron chi connectivity index (χ2n) is 4.91. The van der Waals surface area contributed by atoms with Crippen LogP contribution in [0.15, 0.2) is 41.8 Å². The Hall–Kier alpha value is -2.87. The Bertz CT molecular complexity index is 713. The first-order chi connectivity index (χ1) is 11.5. The number of nitrogens with two attached hydrogens (primary N) is 1. The highest BCUT2D eigenvalue weighted by atomic mass is 32.1. The van der Waals surface area contributed by atoms with Crippen molar-refractivity contribution >= 4 is 34.9 Å². The summed E-state index contributed by atoms with van der Waals surface area (Å²) in [5, 5.41) is 7.01. The Balaban J connectivity index is 1.86. The SMILES string of the molecule is C[C@@H](OC(=O)c1ccc(NC(N)=O)cc1)C(=O)NCc1cccs1. The van der Waals surface area contributed by atoms with Gasteiger partial charge in [0, 0.05) is 10.6 Å². The minimum absolute atomic E-state index is 0.267. The number of benzene rings is 1. The summed E-state index contributed by atoms with van der Waals surface area (Å²) in [7, 11) is 0. The van der Waals surface area contributed by atoms with E-state index in [1.54, 1.807) is 0 Å². The predicted octanol–water partition coefficient (Wildman–Crippen LogP) is 2.10. The molecule has 1 heterocycles. The van der Waals surface area contributed by atoms with Crippen molar-refractivity contribution in [3.63, 3.8) is 0 Å². The molecule has 1 atom stereocenters. The summed E-state index contributed by atoms with van der Waals surface area (Å²) in [5.74, 6) is -0.997. The van der Waals surface area contributed by atoms with Crippen molar-refractivity contribution in [1.29, 1.82) is 0 Å².